The van der Waals surface area contributed by atoms with Gasteiger partial charge in [0.25, 0.3) is 0 Å². The number of carbonyl (C=O) groups is 1. The number of nitrogens with one attached hydrogen (secondary N) is 1. The maximum Gasteiger partial charge on any atom is 0.220 e. The fourth-order valence-corrected chi connectivity index (χ4v) is 2.23. The molecule has 4 heteroatoms. The maximum absolute atomic E-state index is 13.4. The normalized spacial score (nSPS) is 19.1. The van der Waals surface area contributed by atoms with Crippen molar-refractivity contribution in [1.82, 2.24) is 5.32 Å². The quantitative estimate of drug-likeness (QED) is 0.888. The molecule has 3 nitrogen and oxygen atoms in total. The molecule has 2 rings (SSSR count). The van der Waals surface area contributed by atoms with E-state index in [-0.39, 0.29) is 17.8 Å². The Morgan fingerprint density at radius 1 is 1.37 bits per heavy atom. The number of carbonyl (C=O) groups excluding carboxylic acids is 1. The number of ether oxygens (including phenoxy) is 1. The Hall–Kier alpha value is -1.42. The van der Waals surface area contributed by atoms with Gasteiger partial charge in [0, 0.05) is 19.6 Å². The smallest absolute Gasteiger partial charge is 0.220 e. The monoisotopic (exact) mass is 265 g/mol. The Labute approximate surface area is 113 Å². The molecule has 1 heterocycles. The van der Waals surface area contributed by atoms with Crippen LogP contribution in [0.1, 0.15) is 31.2 Å². The molecule has 0 saturated carbocycles. The SMILES string of the molecule is O=C(CCc1ccccc1F)NCC1CCCCO1. The van der Waals surface area contributed by atoms with Crippen molar-refractivity contribution in [3.05, 3.63) is 35.6 Å². The van der Waals surface area contributed by atoms with Crippen molar-refractivity contribution in [3.8, 4) is 0 Å². The largest absolute Gasteiger partial charge is 0.376 e. The van der Waals surface area contributed by atoms with Crippen LogP contribution < -0.4 is 5.32 Å². The van der Waals surface area contributed by atoms with Gasteiger partial charge >= 0.3 is 0 Å². The van der Waals surface area contributed by atoms with Crippen LogP contribution in [0.3, 0.4) is 0 Å². The molecule has 1 aliphatic rings. The van der Waals surface area contributed by atoms with Crippen molar-refractivity contribution in [3.63, 3.8) is 0 Å². The van der Waals surface area contributed by atoms with Gasteiger partial charge in [-0.15, -0.1) is 0 Å². The van der Waals surface area contributed by atoms with Gasteiger partial charge in [0.1, 0.15) is 5.82 Å². The Morgan fingerprint density at radius 2 is 2.21 bits per heavy atom. The van der Waals surface area contributed by atoms with Crippen molar-refractivity contribution in [2.24, 2.45) is 0 Å². The van der Waals surface area contributed by atoms with Crippen molar-refractivity contribution in [1.29, 1.82) is 0 Å². The highest BCUT2D eigenvalue weighted by atomic mass is 19.1. The molecule has 0 aliphatic carbocycles. The lowest BCUT2D eigenvalue weighted by molar-refractivity contribution is -0.122. The summed E-state index contributed by atoms with van der Waals surface area (Å²) in [6.07, 6.45) is 4.17. The molecule has 1 aromatic carbocycles. The van der Waals surface area contributed by atoms with Gasteiger partial charge in [-0.2, -0.15) is 0 Å². The third-order valence-electron chi connectivity index (χ3n) is 3.38. The van der Waals surface area contributed by atoms with E-state index in [0.29, 0.717) is 24.9 Å². The first-order valence-corrected chi connectivity index (χ1v) is 6.87. The molecule has 1 N–H and O–H groups in total. The topological polar surface area (TPSA) is 38.3 Å². The van der Waals surface area contributed by atoms with Crippen LogP contribution in [0, 0.1) is 5.82 Å². The van der Waals surface area contributed by atoms with Gasteiger partial charge in [-0.25, -0.2) is 4.39 Å². The average molecular weight is 265 g/mol. The van der Waals surface area contributed by atoms with Crippen LogP contribution in [-0.4, -0.2) is 25.2 Å². The van der Waals surface area contributed by atoms with Crippen LogP contribution in [0.4, 0.5) is 4.39 Å². The molecular formula is C15H20FNO2. The Bertz CT molecular complexity index is 416. The molecule has 1 unspecified atom stereocenters. The summed E-state index contributed by atoms with van der Waals surface area (Å²) in [5.41, 5.74) is 0.589. The van der Waals surface area contributed by atoms with Crippen molar-refractivity contribution < 1.29 is 13.9 Å². The molecule has 1 aliphatic heterocycles. The van der Waals surface area contributed by atoms with Gasteiger partial charge < -0.3 is 10.1 Å². The zero-order valence-corrected chi connectivity index (χ0v) is 11.0. The van der Waals surface area contributed by atoms with Crippen LogP contribution in [-0.2, 0) is 16.0 Å². The molecule has 1 atom stereocenters. The Balaban J connectivity index is 1.68. The number of hydrogen-bond acceptors (Lipinski definition) is 2. The van der Waals surface area contributed by atoms with Gasteiger partial charge in [-0.3, -0.25) is 4.79 Å². The fourth-order valence-electron chi connectivity index (χ4n) is 2.23. The molecule has 1 fully saturated rings. The average Bonchev–Trinajstić information content (AvgIpc) is 2.45. The van der Waals surface area contributed by atoms with Crippen LogP contribution in [0.2, 0.25) is 0 Å². The number of rotatable bonds is 5. The van der Waals surface area contributed by atoms with Gasteiger partial charge in [-0.05, 0) is 37.3 Å². The molecule has 1 aromatic rings. The molecule has 0 bridgehead atoms. The third-order valence-corrected chi connectivity index (χ3v) is 3.38. The van der Waals surface area contributed by atoms with E-state index >= 15 is 0 Å². The minimum Gasteiger partial charge on any atom is -0.376 e. The first-order chi connectivity index (χ1) is 9.25. The first kappa shape index (κ1) is 14.0. The van der Waals surface area contributed by atoms with Crippen molar-refractivity contribution in [2.75, 3.05) is 13.2 Å². The third kappa shape index (κ3) is 4.63. The molecule has 0 aromatic heterocycles. The molecule has 104 valence electrons. The summed E-state index contributed by atoms with van der Waals surface area (Å²) in [6.45, 7) is 1.35. The number of hydrogen-bond donors (Lipinski definition) is 1. The second-order valence-corrected chi connectivity index (χ2v) is 4.88. The number of amides is 1. The molecule has 1 amide bonds. The Kier molecular flexibility index (Phi) is 5.33. The molecule has 19 heavy (non-hydrogen) atoms. The lowest BCUT2D eigenvalue weighted by Gasteiger charge is -2.22. The van der Waals surface area contributed by atoms with E-state index in [4.69, 9.17) is 4.74 Å². The van der Waals surface area contributed by atoms with Crippen molar-refractivity contribution in [2.45, 2.75) is 38.2 Å². The summed E-state index contributed by atoms with van der Waals surface area (Å²) in [5.74, 6) is -0.289. The number of benzene rings is 1. The summed E-state index contributed by atoms with van der Waals surface area (Å²) in [6, 6.07) is 6.57. The van der Waals surface area contributed by atoms with Crippen LogP contribution in [0.15, 0.2) is 24.3 Å². The number of halogens is 1. The van der Waals surface area contributed by atoms with E-state index in [1.165, 1.54) is 6.07 Å². The second kappa shape index (κ2) is 7.24. The van der Waals surface area contributed by atoms with E-state index in [1.54, 1.807) is 18.2 Å². The van der Waals surface area contributed by atoms with E-state index in [9.17, 15) is 9.18 Å². The van der Waals surface area contributed by atoms with Gasteiger partial charge in [-0.1, -0.05) is 18.2 Å². The summed E-state index contributed by atoms with van der Waals surface area (Å²) in [5, 5.41) is 2.86. The van der Waals surface area contributed by atoms with Crippen LogP contribution >= 0.6 is 0 Å². The number of aryl methyl sites for hydroxylation is 1. The summed E-state index contributed by atoms with van der Waals surface area (Å²) >= 11 is 0. The maximum atomic E-state index is 13.4. The summed E-state index contributed by atoms with van der Waals surface area (Å²) in [4.78, 5) is 11.7. The van der Waals surface area contributed by atoms with E-state index < -0.39 is 0 Å². The van der Waals surface area contributed by atoms with Gasteiger partial charge in [0.2, 0.25) is 5.91 Å². The fraction of sp³-hybridized carbons (Fsp3) is 0.533. The van der Waals surface area contributed by atoms with E-state index in [0.717, 1.165) is 25.9 Å². The molecule has 0 radical (unpaired) electrons. The summed E-state index contributed by atoms with van der Waals surface area (Å²) in [7, 11) is 0. The highest BCUT2D eigenvalue weighted by molar-refractivity contribution is 5.76. The van der Waals surface area contributed by atoms with Crippen LogP contribution in [0.5, 0.6) is 0 Å². The molecule has 1 saturated heterocycles. The first-order valence-electron chi connectivity index (χ1n) is 6.87. The lowest BCUT2D eigenvalue weighted by Crippen LogP contribution is -2.35. The van der Waals surface area contributed by atoms with Gasteiger partial charge in [0.05, 0.1) is 6.10 Å². The zero-order valence-electron chi connectivity index (χ0n) is 11.0. The molecule has 0 spiro atoms. The standard InChI is InChI=1S/C15H20FNO2/c16-14-7-2-1-5-12(14)8-9-15(18)17-11-13-6-3-4-10-19-13/h1-2,5,7,13H,3-4,6,8-11H2,(H,17,18). The minimum atomic E-state index is -0.245. The van der Waals surface area contributed by atoms with Gasteiger partial charge in [0.15, 0.2) is 0 Å². The van der Waals surface area contributed by atoms with E-state index in [1.807, 2.05) is 0 Å². The summed E-state index contributed by atoms with van der Waals surface area (Å²) < 4.78 is 18.9. The highest BCUT2D eigenvalue weighted by Crippen LogP contribution is 2.12. The predicted octanol–water partition coefficient (Wildman–Crippen LogP) is 2.44. The predicted molar refractivity (Wildman–Crippen MR) is 71.3 cm³/mol. The minimum absolute atomic E-state index is 0.0440. The van der Waals surface area contributed by atoms with Crippen molar-refractivity contribution >= 4 is 5.91 Å². The van der Waals surface area contributed by atoms with E-state index in [2.05, 4.69) is 5.32 Å². The van der Waals surface area contributed by atoms with Crippen LogP contribution in [0.25, 0.3) is 0 Å². The lowest BCUT2D eigenvalue weighted by atomic mass is 10.1. The Morgan fingerprint density at radius 3 is 2.95 bits per heavy atom. The second-order valence-electron chi connectivity index (χ2n) is 4.88. The highest BCUT2D eigenvalue weighted by Gasteiger charge is 2.14. The molecular weight excluding hydrogens is 245 g/mol. The zero-order chi connectivity index (χ0) is 13.5.